The van der Waals surface area contributed by atoms with Crippen LogP contribution in [-0.4, -0.2) is 52.4 Å². The van der Waals surface area contributed by atoms with Crippen LogP contribution in [0.15, 0.2) is 18.5 Å². The number of piperazine rings is 1. The van der Waals surface area contributed by atoms with Crippen molar-refractivity contribution in [3.8, 4) is 0 Å². The van der Waals surface area contributed by atoms with E-state index in [0.29, 0.717) is 16.6 Å². The molecule has 3 rings (SSSR count). The van der Waals surface area contributed by atoms with E-state index in [2.05, 4.69) is 16.8 Å². The molecule has 108 valence electrons. The molecule has 2 aliphatic rings. The molecule has 1 amide bonds. The molecule has 5 heteroatoms. The van der Waals surface area contributed by atoms with Crippen molar-refractivity contribution in [3.63, 3.8) is 0 Å². The Labute approximate surface area is 124 Å². The van der Waals surface area contributed by atoms with E-state index in [1.165, 1.54) is 25.8 Å². The first-order chi connectivity index (χ1) is 9.66. The van der Waals surface area contributed by atoms with Crippen LogP contribution in [0, 0.1) is 0 Å². The second-order valence-corrected chi connectivity index (χ2v) is 6.21. The molecule has 0 bridgehead atoms. The Balaban J connectivity index is 1.79. The Kier molecular flexibility index (Phi) is 3.94. The van der Waals surface area contributed by atoms with E-state index in [9.17, 15) is 4.79 Å². The molecule has 1 aromatic rings. The monoisotopic (exact) mass is 293 g/mol. The number of piperidine rings is 1. The van der Waals surface area contributed by atoms with E-state index < -0.39 is 0 Å². The highest BCUT2D eigenvalue weighted by molar-refractivity contribution is 6.33. The SMILES string of the molecule is CC1CN2CCCCC2CN1C(=O)c1cnccc1Cl. The van der Waals surface area contributed by atoms with Crippen LogP contribution in [0.4, 0.5) is 0 Å². The molecular weight excluding hydrogens is 274 g/mol. The molecule has 20 heavy (non-hydrogen) atoms. The van der Waals surface area contributed by atoms with Gasteiger partial charge < -0.3 is 4.90 Å². The van der Waals surface area contributed by atoms with Crippen LogP contribution in [0.3, 0.4) is 0 Å². The van der Waals surface area contributed by atoms with Crippen molar-refractivity contribution < 1.29 is 4.79 Å². The molecule has 0 aromatic carbocycles. The number of nitrogens with zero attached hydrogens (tertiary/aromatic N) is 3. The fourth-order valence-corrected chi connectivity index (χ4v) is 3.51. The third-order valence-electron chi connectivity index (χ3n) is 4.45. The van der Waals surface area contributed by atoms with Crippen molar-refractivity contribution in [2.24, 2.45) is 0 Å². The number of pyridine rings is 1. The van der Waals surface area contributed by atoms with Gasteiger partial charge in [0.05, 0.1) is 10.6 Å². The van der Waals surface area contributed by atoms with Crippen molar-refractivity contribution in [2.75, 3.05) is 19.6 Å². The Bertz CT molecular complexity index is 508. The van der Waals surface area contributed by atoms with Gasteiger partial charge in [0, 0.05) is 37.6 Å². The average molecular weight is 294 g/mol. The van der Waals surface area contributed by atoms with E-state index in [0.717, 1.165) is 13.1 Å². The van der Waals surface area contributed by atoms with Crippen LogP contribution < -0.4 is 0 Å². The number of amides is 1. The number of carbonyl (C=O) groups excluding carboxylic acids is 1. The van der Waals surface area contributed by atoms with Gasteiger partial charge in [-0.2, -0.15) is 0 Å². The summed E-state index contributed by atoms with van der Waals surface area (Å²) in [5, 5.41) is 0.489. The largest absolute Gasteiger partial charge is 0.333 e. The van der Waals surface area contributed by atoms with Crippen molar-refractivity contribution in [3.05, 3.63) is 29.0 Å². The van der Waals surface area contributed by atoms with Crippen LogP contribution in [0.5, 0.6) is 0 Å². The summed E-state index contributed by atoms with van der Waals surface area (Å²) in [6.45, 7) is 5.07. The van der Waals surface area contributed by atoms with Gasteiger partial charge in [-0.25, -0.2) is 0 Å². The van der Waals surface area contributed by atoms with E-state index in [4.69, 9.17) is 11.6 Å². The molecule has 0 saturated carbocycles. The van der Waals surface area contributed by atoms with E-state index in [-0.39, 0.29) is 11.9 Å². The molecule has 2 fully saturated rings. The highest BCUT2D eigenvalue weighted by Gasteiger charge is 2.35. The van der Waals surface area contributed by atoms with Crippen LogP contribution in [-0.2, 0) is 0 Å². The van der Waals surface area contributed by atoms with Gasteiger partial charge in [-0.3, -0.25) is 14.7 Å². The van der Waals surface area contributed by atoms with Crippen LogP contribution in [0.1, 0.15) is 36.5 Å². The summed E-state index contributed by atoms with van der Waals surface area (Å²) in [5.41, 5.74) is 0.519. The maximum Gasteiger partial charge on any atom is 0.257 e. The fraction of sp³-hybridized carbons (Fsp3) is 0.600. The highest BCUT2D eigenvalue weighted by Crippen LogP contribution is 2.26. The average Bonchev–Trinajstić information content (AvgIpc) is 2.46. The molecule has 0 aliphatic carbocycles. The minimum Gasteiger partial charge on any atom is -0.333 e. The van der Waals surface area contributed by atoms with Gasteiger partial charge in [-0.15, -0.1) is 0 Å². The number of hydrogen-bond acceptors (Lipinski definition) is 3. The molecule has 2 saturated heterocycles. The maximum atomic E-state index is 12.7. The van der Waals surface area contributed by atoms with Gasteiger partial charge in [-0.1, -0.05) is 18.0 Å². The Hall–Kier alpha value is -1.13. The zero-order valence-corrected chi connectivity index (χ0v) is 12.5. The predicted molar refractivity (Wildman–Crippen MR) is 79.0 cm³/mol. The number of hydrogen-bond donors (Lipinski definition) is 0. The molecule has 3 heterocycles. The minimum atomic E-state index is 0.0147. The summed E-state index contributed by atoms with van der Waals surface area (Å²) in [6.07, 6.45) is 6.93. The highest BCUT2D eigenvalue weighted by atomic mass is 35.5. The third kappa shape index (κ3) is 2.54. The third-order valence-corrected chi connectivity index (χ3v) is 4.78. The smallest absolute Gasteiger partial charge is 0.257 e. The molecule has 2 atom stereocenters. The number of aromatic nitrogens is 1. The van der Waals surface area contributed by atoms with Crippen LogP contribution in [0.2, 0.25) is 5.02 Å². The minimum absolute atomic E-state index is 0.0147. The molecular formula is C15H20ClN3O. The Morgan fingerprint density at radius 3 is 3.05 bits per heavy atom. The first-order valence-electron chi connectivity index (χ1n) is 7.31. The number of carbonyl (C=O) groups is 1. The summed E-state index contributed by atoms with van der Waals surface area (Å²) in [7, 11) is 0. The Morgan fingerprint density at radius 2 is 2.25 bits per heavy atom. The number of halogens is 1. The summed E-state index contributed by atoms with van der Waals surface area (Å²) in [6, 6.07) is 2.42. The van der Waals surface area contributed by atoms with Crippen LogP contribution in [0.25, 0.3) is 0 Å². The zero-order chi connectivity index (χ0) is 14.1. The zero-order valence-electron chi connectivity index (χ0n) is 11.8. The van der Waals surface area contributed by atoms with Crippen molar-refractivity contribution >= 4 is 17.5 Å². The summed E-state index contributed by atoms with van der Waals surface area (Å²) >= 11 is 6.13. The Morgan fingerprint density at radius 1 is 1.40 bits per heavy atom. The molecule has 2 unspecified atom stereocenters. The fourth-order valence-electron chi connectivity index (χ4n) is 3.32. The van der Waals surface area contributed by atoms with E-state index in [1.54, 1.807) is 18.5 Å². The molecule has 0 N–H and O–H groups in total. The van der Waals surface area contributed by atoms with Crippen LogP contribution >= 0.6 is 11.6 Å². The maximum absolute atomic E-state index is 12.7. The standard InChI is InChI=1S/C15H20ClN3O/c1-11-9-18-7-3-2-4-12(18)10-19(11)15(20)13-8-17-6-5-14(13)16/h5-6,8,11-12H,2-4,7,9-10H2,1H3. The van der Waals surface area contributed by atoms with Crippen molar-refractivity contribution in [1.29, 1.82) is 0 Å². The van der Waals surface area contributed by atoms with Crippen molar-refractivity contribution in [2.45, 2.75) is 38.3 Å². The molecule has 1 aromatic heterocycles. The van der Waals surface area contributed by atoms with E-state index >= 15 is 0 Å². The van der Waals surface area contributed by atoms with Crippen molar-refractivity contribution in [1.82, 2.24) is 14.8 Å². The predicted octanol–water partition coefficient (Wildman–Crippen LogP) is 2.43. The topological polar surface area (TPSA) is 36.4 Å². The van der Waals surface area contributed by atoms with Gasteiger partial charge in [-0.05, 0) is 32.4 Å². The normalized spacial score (nSPS) is 27.2. The number of rotatable bonds is 1. The lowest BCUT2D eigenvalue weighted by molar-refractivity contribution is 0.0151. The van der Waals surface area contributed by atoms with E-state index in [1.807, 2.05) is 4.90 Å². The molecule has 4 nitrogen and oxygen atoms in total. The lowest BCUT2D eigenvalue weighted by atomic mass is 9.96. The summed E-state index contributed by atoms with van der Waals surface area (Å²) < 4.78 is 0. The quantitative estimate of drug-likeness (QED) is 0.798. The lowest BCUT2D eigenvalue weighted by Crippen LogP contribution is -2.60. The number of fused-ring (bicyclic) bond motifs is 1. The second-order valence-electron chi connectivity index (χ2n) is 5.81. The van der Waals surface area contributed by atoms with Gasteiger partial charge in [0.1, 0.15) is 0 Å². The summed E-state index contributed by atoms with van der Waals surface area (Å²) in [5.74, 6) is 0.0147. The summed E-state index contributed by atoms with van der Waals surface area (Å²) in [4.78, 5) is 21.2. The first kappa shape index (κ1) is 13.8. The van der Waals surface area contributed by atoms with Gasteiger partial charge in [0.25, 0.3) is 5.91 Å². The van der Waals surface area contributed by atoms with Gasteiger partial charge in [0.2, 0.25) is 0 Å². The molecule has 0 radical (unpaired) electrons. The van der Waals surface area contributed by atoms with Gasteiger partial charge >= 0.3 is 0 Å². The second kappa shape index (κ2) is 5.70. The first-order valence-corrected chi connectivity index (χ1v) is 7.69. The lowest BCUT2D eigenvalue weighted by Gasteiger charge is -2.47. The molecule has 0 spiro atoms. The van der Waals surface area contributed by atoms with Gasteiger partial charge in [0.15, 0.2) is 0 Å². The molecule has 2 aliphatic heterocycles.